The lowest BCUT2D eigenvalue weighted by atomic mass is 10.1. The number of carbonyl (C=O) groups excluding carboxylic acids is 1. The summed E-state index contributed by atoms with van der Waals surface area (Å²) in [6.45, 7) is 8.65. The first-order valence-corrected chi connectivity index (χ1v) is 7.53. The van der Waals surface area contributed by atoms with Crippen molar-refractivity contribution in [3.8, 4) is 5.75 Å². The van der Waals surface area contributed by atoms with E-state index >= 15 is 0 Å². The van der Waals surface area contributed by atoms with E-state index in [1.54, 1.807) is 38.1 Å². The van der Waals surface area contributed by atoms with Crippen LogP contribution in [0.25, 0.3) is 0 Å². The first-order valence-electron chi connectivity index (χ1n) is 7.16. The van der Waals surface area contributed by atoms with Gasteiger partial charge in [-0.25, -0.2) is 0 Å². The molecule has 0 aliphatic heterocycles. The molecule has 1 N–H and O–H groups in total. The lowest BCUT2D eigenvalue weighted by Gasteiger charge is -2.25. The van der Waals surface area contributed by atoms with E-state index in [4.69, 9.17) is 21.1 Å². The lowest BCUT2D eigenvalue weighted by Crippen LogP contribution is -2.46. The molecule has 1 amide bonds. The Morgan fingerprint density at radius 3 is 2.48 bits per heavy atom. The van der Waals surface area contributed by atoms with Crippen molar-refractivity contribution in [3.05, 3.63) is 29.3 Å². The van der Waals surface area contributed by atoms with Crippen LogP contribution in [0.1, 0.15) is 34.1 Å². The number of halogens is 1. The Morgan fingerprint density at radius 2 is 1.90 bits per heavy atom. The van der Waals surface area contributed by atoms with Gasteiger partial charge in [-0.05, 0) is 58.4 Å². The number of rotatable bonds is 8. The van der Waals surface area contributed by atoms with Crippen LogP contribution in [0.5, 0.6) is 5.75 Å². The van der Waals surface area contributed by atoms with Gasteiger partial charge in [-0.15, -0.1) is 0 Å². The maximum absolute atomic E-state index is 12.1. The molecule has 118 valence electrons. The van der Waals surface area contributed by atoms with Crippen LogP contribution >= 0.6 is 11.6 Å². The van der Waals surface area contributed by atoms with Gasteiger partial charge in [-0.1, -0.05) is 11.6 Å². The predicted molar refractivity (Wildman–Crippen MR) is 84.9 cm³/mol. The van der Waals surface area contributed by atoms with E-state index in [0.717, 1.165) is 6.42 Å². The second-order valence-corrected chi connectivity index (χ2v) is 6.03. The number of hydrogen-bond acceptors (Lipinski definition) is 3. The van der Waals surface area contributed by atoms with Gasteiger partial charge in [0.25, 0.3) is 5.91 Å². The number of nitrogens with one attached hydrogen (secondary N) is 1. The Labute approximate surface area is 131 Å². The third-order valence-corrected chi connectivity index (χ3v) is 3.04. The molecular weight excluding hydrogens is 290 g/mol. The van der Waals surface area contributed by atoms with Crippen molar-refractivity contribution < 1.29 is 14.3 Å². The minimum absolute atomic E-state index is 0.151. The number of ether oxygens (including phenoxy) is 2. The van der Waals surface area contributed by atoms with Crippen molar-refractivity contribution in [2.75, 3.05) is 13.2 Å². The fourth-order valence-electron chi connectivity index (χ4n) is 1.65. The number of carbonyl (C=O) groups is 1. The van der Waals surface area contributed by atoms with Gasteiger partial charge in [-0.3, -0.25) is 4.79 Å². The summed E-state index contributed by atoms with van der Waals surface area (Å²) < 4.78 is 11.1. The van der Waals surface area contributed by atoms with Crippen molar-refractivity contribution >= 4 is 17.5 Å². The largest absolute Gasteiger partial charge is 0.478 e. The molecule has 1 aromatic carbocycles. The molecule has 0 aromatic heterocycles. The van der Waals surface area contributed by atoms with Gasteiger partial charge < -0.3 is 14.8 Å². The first kappa shape index (κ1) is 17.8. The van der Waals surface area contributed by atoms with E-state index in [9.17, 15) is 4.79 Å². The van der Waals surface area contributed by atoms with Gasteiger partial charge in [0.1, 0.15) is 5.75 Å². The maximum atomic E-state index is 12.1. The Morgan fingerprint density at radius 1 is 1.29 bits per heavy atom. The summed E-state index contributed by atoms with van der Waals surface area (Å²) in [5.74, 6) is 0.463. The highest BCUT2D eigenvalue weighted by Gasteiger charge is 2.29. The Hall–Kier alpha value is -1.26. The molecule has 5 heteroatoms. The zero-order valence-electron chi connectivity index (χ0n) is 13.1. The van der Waals surface area contributed by atoms with Crippen molar-refractivity contribution in [1.29, 1.82) is 0 Å². The van der Waals surface area contributed by atoms with Gasteiger partial charge in [0, 0.05) is 18.2 Å². The molecule has 0 aliphatic rings. The first-order chi connectivity index (χ1) is 9.81. The molecule has 0 saturated carbocycles. The molecule has 0 saturated heterocycles. The van der Waals surface area contributed by atoms with Gasteiger partial charge in [0.2, 0.25) is 0 Å². The quantitative estimate of drug-likeness (QED) is 0.748. The van der Waals surface area contributed by atoms with Crippen LogP contribution in [0.4, 0.5) is 0 Å². The minimum Gasteiger partial charge on any atom is -0.478 e. The van der Waals surface area contributed by atoms with Crippen molar-refractivity contribution in [3.63, 3.8) is 0 Å². The molecule has 1 rings (SSSR count). The van der Waals surface area contributed by atoms with Gasteiger partial charge in [-0.2, -0.15) is 0 Å². The fraction of sp³-hybridized carbons (Fsp3) is 0.562. The highest BCUT2D eigenvalue weighted by molar-refractivity contribution is 6.30. The van der Waals surface area contributed by atoms with Crippen LogP contribution in [0.3, 0.4) is 0 Å². The summed E-state index contributed by atoms with van der Waals surface area (Å²) in [7, 11) is 0. The SMILES string of the molecule is CC(C)OCCCNC(=O)C(C)(C)Oc1ccc(Cl)cc1. The third kappa shape index (κ3) is 6.82. The highest BCUT2D eigenvalue weighted by Crippen LogP contribution is 2.20. The van der Waals surface area contributed by atoms with Crippen LogP contribution in [0, 0.1) is 0 Å². The van der Waals surface area contributed by atoms with Crippen molar-refractivity contribution in [2.45, 2.75) is 45.8 Å². The summed E-state index contributed by atoms with van der Waals surface area (Å²) in [5.41, 5.74) is -0.938. The molecule has 0 bridgehead atoms. The topological polar surface area (TPSA) is 47.6 Å². The summed E-state index contributed by atoms with van der Waals surface area (Å²) in [6, 6.07) is 6.95. The van der Waals surface area contributed by atoms with Gasteiger partial charge in [0.15, 0.2) is 5.60 Å². The second kappa shape index (κ2) is 8.25. The molecule has 0 radical (unpaired) electrons. The van der Waals surface area contributed by atoms with E-state index in [1.807, 2.05) is 13.8 Å². The molecule has 4 nitrogen and oxygen atoms in total. The zero-order valence-corrected chi connectivity index (χ0v) is 13.9. The average molecular weight is 314 g/mol. The molecular formula is C16H24ClNO3. The average Bonchev–Trinajstić information content (AvgIpc) is 2.40. The molecule has 21 heavy (non-hydrogen) atoms. The zero-order chi connectivity index (χ0) is 15.9. The molecule has 0 aliphatic carbocycles. The highest BCUT2D eigenvalue weighted by atomic mass is 35.5. The van der Waals surface area contributed by atoms with Crippen LogP contribution in [0.2, 0.25) is 5.02 Å². The minimum atomic E-state index is -0.938. The summed E-state index contributed by atoms with van der Waals surface area (Å²) >= 11 is 5.82. The van der Waals surface area contributed by atoms with Gasteiger partial charge >= 0.3 is 0 Å². The van der Waals surface area contributed by atoms with Crippen molar-refractivity contribution in [1.82, 2.24) is 5.32 Å². The normalized spacial score (nSPS) is 11.5. The standard InChI is InChI=1S/C16H24ClNO3/c1-12(2)20-11-5-10-18-15(19)16(3,4)21-14-8-6-13(17)7-9-14/h6-9,12H,5,10-11H2,1-4H3,(H,18,19). The molecule has 0 spiro atoms. The molecule has 0 heterocycles. The Kier molecular flexibility index (Phi) is 6.99. The van der Waals surface area contributed by atoms with E-state index < -0.39 is 5.60 Å². The number of amides is 1. The number of hydrogen-bond donors (Lipinski definition) is 1. The Bertz CT molecular complexity index is 443. The van der Waals surface area contributed by atoms with E-state index in [0.29, 0.717) is 23.9 Å². The monoisotopic (exact) mass is 313 g/mol. The second-order valence-electron chi connectivity index (χ2n) is 5.60. The van der Waals surface area contributed by atoms with E-state index in [-0.39, 0.29) is 12.0 Å². The van der Waals surface area contributed by atoms with Gasteiger partial charge in [0.05, 0.1) is 6.10 Å². The number of benzene rings is 1. The summed E-state index contributed by atoms with van der Waals surface area (Å²) in [5, 5.41) is 3.49. The van der Waals surface area contributed by atoms with Crippen LogP contribution in [-0.2, 0) is 9.53 Å². The molecule has 0 atom stereocenters. The van der Waals surface area contributed by atoms with E-state index in [1.165, 1.54) is 0 Å². The smallest absolute Gasteiger partial charge is 0.263 e. The predicted octanol–water partition coefficient (Wildman–Crippen LogP) is 3.43. The van der Waals surface area contributed by atoms with E-state index in [2.05, 4.69) is 5.32 Å². The van der Waals surface area contributed by atoms with Crippen LogP contribution in [-0.4, -0.2) is 30.8 Å². The molecule has 0 fully saturated rings. The van der Waals surface area contributed by atoms with Crippen LogP contribution < -0.4 is 10.1 Å². The summed E-state index contributed by atoms with van der Waals surface area (Å²) in [4.78, 5) is 12.1. The molecule has 0 unspecified atom stereocenters. The van der Waals surface area contributed by atoms with Crippen molar-refractivity contribution in [2.24, 2.45) is 0 Å². The third-order valence-electron chi connectivity index (χ3n) is 2.79. The molecule has 1 aromatic rings. The summed E-state index contributed by atoms with van der Waals surface area (Å²) in [6.07, 6.45) is 0.992. The van der Waals surface area contributed by atoms with Crippen LogP contribution in [0.15, 0.2) is 24.3 Å². The lowest BCUT2D eigenvalue weighted by molar-refractivity contribution is -0.134. The Balaban J connectivity index is 2.38. The maximum Gasteiger partial charge on any atom is 0.263 e. The fourth-order valence-corrected chi connectivity index (χ4v) is 1.78.